The van der Waals surface area contributed by atoms with Crippen LogP contribution in [-0.2, 0) is 7.05 Å². The molecule has 0 spiro atoms. The number of rotatable bonds is 3. The van der Waals surface area contributed by atoms with E-state index in [2.05, 4.69) is 15.4 Å². The van der Waals surface area contributed by atoms with Crippen LogP contribution in [-0.4, -0.2) is 19.3 Å². The highest BCUT2D eigenvalue weighted by atomic mass is 16.1. The Hall–Kier alpha value is -2.11. The van der Waals surface area contributed by atoms with Gasteiger partial charge in [-0.3, -0.25) is 9.48 Å². The van der Waals surface area contributed by atoms with E-state index in [0.717, 1.165) is 5.69 Å². The van der Waals surface area contributed by atoms with E-state index in [9.17, 15) is 4.79 Å². The van der Waals surface area contributed by atoms with Gasteiger partial charge in [-0.05, 0) is 13.8 Å². The molecule has 6 heteroatoms. The second kappa shape index (κ2) is 4.40. The fourth-order valence-corrected chi connectivity index (χ4v) is 1.54. The lowest BCUT2D eigenvalue weighted by atomic mass is 10.4. The lowest BCUT2D eigenvalue weighted by molar-refractivity contribution is 0.576. The Labute approximate surface area is 98.9 Å². The maximum atomic E-state index is 12.0. The van der Waals surface area contributed by atoms with Gasteiger partial charge in [-0.25, -0.2) is 4.98 Å². The molecule has 2 aromatic rings. The zero-order valence-corrected chi connectivity index (χ0v) is 10.1. The first-order valence-corrected chi connectivity index (χ1v) is 5.40. The summed E-state index contributed by atoms with van der Waals surface area (Å²) < 4.78 is 3.29. The van der Waals surface area contributed by atoms with Gasteiger partial charge in [-0.1, -0.05) is 0 Å². The van der Waals surface area contributed by atoms with Gasteiger partial charge in [0.1, 0.15) is 0 Å². The Kier molecular flexibility index (Phi) is 2.95. The van der Waals surface area contributed by atoms with Crippen molar-refractivity contribution in [1.82, 2.24) is 19.3 Å². The molecule has 0 radical (unpaired) electrons. The van der Waals surface area contributed by atoms with E-state index < -0.39 is 0 Å². The number of nitrogens with zero attached hydrogens (tertiary/aromatic N) is 4. The molecular formula is C11H15N5O. The molecule has 0 saturated heterocycles. The highest BCUT2D eigenvalue weighted by Crippen LogP contribution is 2.09. The summed E-state index contributed by atoms with van der Waals surface area (Å²) in [5.74, 6) is 0.314. The highest BCUT2D eigenvalue weighted by Gasteiger charge is 2.07. The number of hydrogen-bond acceptors (Lipinski definition) is 4. The van der Waals surface area contributed by atoms with Crippen LogP contribution in [0.2, 0.25) is 0 Å². The van der Waals surface area contributed by atoms with Gasteiger partial charge in [-0.2, -0.15) is 5.10 Å². The summed E-state index contributed by atoms with van der Waals surface area (Å²) in [5, 5.41) is 6.98. The molecule has 0 aliphatic carbocycles. The van der Waals surface area contributed by atoms with Crippen molar-refractivity contribution in [2.75, 3.05) is 5.32 Å². The number of aryl methyl sites for hydroxylation is 1. The van der Waals surface area contributed by atoms with Gasteiger partial charge in [0.2, 0.25) is 0 Å². The zero-order valence-electron chi connectivity index (χ0n) is 10.1. The molecule has 0 unspecified atom stereocenters. The first kappa shape index (κ1) is 11.4. The summed E-state index contributed by atoms with van der Waals surface area (Å²) in [4.78, 5) is 16.1. The third kappa shape index (κ3) is 2.35. The van der Waals surface area contributed by atoms with E-state index in [4.69, 9.17) is 0 Å². The van der Waals surface area contributed by atoms with Crippen molar-refractivity contribution in [2.24, 2.45) is 7.05 Å². The van der Waals surface area contributed by atoms with Crippen molar-refractivity contribution < 1.29 is 0 Å². The maximum absolute atomic E-state index is 12.0. The quantitative estimate of drug-likeness (QED) is 0.867. The van der Waals surface area contributed by atoms with Crippen LogP contribution in [0.3, 0.4) is 0 Å². The molecule has 0 saturated carbocycles. The molecule has 0 bridgehead atoms. The Morgan fingerprint density at radius 2 is 2.18 bits per heavy atom. The van der Waals surface area contributed by atoms with Gasteiger partial charge in [0.05, 0.1) is 11.9 Å². The molecule has 2 heterocycles. The minimum absolute atomic E-state index is 0.111. The third-order valence-corrected chi connectivity index (χ3v) is 2.39. The minimum Gasteiger partial charge on any atom is -0.333 e. The van der Waals surface area contributed by atoms with Crippen LogP contribution < -0.4 is 10.9 Å². The molecule has 2 rings (SSSR count). The van der Waals surface area contributed by atoms with E-state index in [1.54, 1.807) is 34.0 Å². The largest absolute Gasteiger partial charge is 0.333 e. The predicted molar refractivity (Wildman–Crippen MR) is 65.4 cm³/mol. The average Bonchev–Trinajstić information content (AvgIpc) is 2.67. The Bertz CT molecular complexity index is 569. The first-order chi connectivity index (χ1) is 8.08. The summed E-state index contributed by atoms with van der Waals surface area (Å²) in [6.07, 6.45) is 6.73. The van der Waals surface area contributed by atoms with E-state index in [0.29, 0.717) is 5.82 Å². The lowest BCUT2D eigenvalue weighted by Gasteiger charge is -2.10. The molecule has 0 atom stereocenters. The third-order valence-electron chi connectivity index (χ3n) is 2.39. The molecule has 0 aliphatic heterocycles. The van der Waals surface area contributed by atoms with Gasteiger partial charge >= 0.3 is 0 Å². The van der Waals surface area contributed by atoms with E-state index in [-0.39, 0.29) is 11.6 Å². The van der Waals surface area contributed by atoms with Crippen LogP contribution in [0.4, 0.5) is 11.5 Å². The molecular weight excluding hydrogens is 218 g/mol. The molecule has 0 aromatic carbocycles. The number of hydrogen-bond donors (Lipinski definition) is 1. The predicted octanol–water partition coefficient (Wildman–Crippen LogP) is 1.30. The van der Waals surface area contributed by atoms with E-state index in [1.165, 1.54) is 0 Å². The summed E-state index contributed by atoms with van der Waals surface area (Å²) in [6.45, 7) is 3.91. The molecule has 6 nitrogen and oxygen atoms in total. The first-order valence-electron chi connectivity index (χ1n) is 5.40. The van der Waals surface area contributed by atoms with Gasteiger partial charge in [0.25, 0.3) is 5.56 Å². The summed E-state index contributed by atoms with van der Waals surface area (Å²) in [6, 6.07) is 0.111. The van der Waals surface area contributed by atoms with Crippen LogP contribution in [0.15, 0.2) is 29.6 Å². The SMILES string of the molecule is CC(C)n1ccnc(Nc2cnn(C)c2)c1=O. The van der Waals surface area contributed by atoms with Gasteiger partial charge < -0.3 is 9.88 Å². The van der Waals surface area contributed by atoms with E-state index in [1.807, 2.05) is 20.9 Å². The van der Waals surface area contributed by atoms with E-state index >= 15 is 0 Å². The highest BCUT2D eigenvalue weighted by molar-refractivity contribution is 5.52. The fraction of sp³-hybridized carbons (Fsp3) is 0.364. The van der Waals surface area contributed by atoms with Crippen LogP contribution >= 0.6 is 0 Å². The second-order valence-electron chi connectivity index (χ2n) is 4.11. The minimum atomic E-state index is -0.133. The van der Waals surface area contributed by atoms with Crippen molar-refractivity contribution in [2.45, 2.75) is 19.9 Å². The molecule has 17 heavy (non-hydrogen) atoms. The van der Waals surface area contributed by atoms with Crippen LogP contribution in [0.25, 0.3) is 0 Å². The van der Waals surface area contributed by atoms with Gasteiger partial charge in [0.15, 0.2) is 5.82 Å². The topological polar surface area (TPSA) is 64.7 Å². The molecule has 0 aliphatic rings. The molecule has 90 valence electrons. The van der Waals surface area contributed by atoms with Crippen LogP contribution in [0.5, 0.6) is 0 Å². The van der Waals surface area contributed by atoms with Gasteiger partial charge in [0, 0.05) is 31.7 Å². The molecule has 1 N–H and O–H groups in total. The number of aromatic nitrogens is 4. The Balaban J connectivity index is 2.34. The van der Waals surface area contributed by atoms with Crippen LogP contribution in [0, 0.1) is 0 Å². The second-order valence-corrected chi connectivity index (χ2v) is 4.11. The fourth-order valence-electron chi connectivity index (χ4n) is 1.54. The van der Waals surface area contributed by atoms with Gasteiger partial charge in [-0.15, -0.1) is 0 Å². The zero-order chi connectivity index (χ0) is 12.4. The monoisotopic (exact) mass is 233 g/mol. The molecule has 0 fully saturated rings. The molecule has 0 amide bonds. The summed E-state index contributed by atoms with van der Waals surface area (Å²) in [5.41, 5.74) is 0.616. The van der Waals surface area contributed by atoms with Crippen molar-refractivity contribution in [1.29, 1.82) is 0 Å². The van der Waals surface area contributed by atoms with Crippen LogP contribution in [0.1, 0.15) is 19.9 Å². The smallest absolute Gasteiger partial charge is 0.293 e. The maximum Gasteiger partial charge on any atom is 0.293 e. The Morgan fingerprint density at radius 3 is 2.76 bits per heavy atom. The van der Waals surface area contributed by atoms with Crippen molar-refractivity contribution in [3.63, 3.8) is 0 Å². The number of anilines is 2. The summed E-state index contributed by atoms with van der Waals surface area (Å²) >= 11 is 0. The lowest BCUT2D eigenvalue weighted by Crippen LogP contribution is -2.24. The average molecular weight is 233 g/mol. The van der Waals surface area contributed by atoms with Crippen molar-refractivity contribution in [3.05, 3.63) is 35.1 Å². The summed E-state index contributed by atoms with van der Waals surface area (Å²) in [7, 11) is 1.82. The Morgan fingerprint density at radius 1 is 1.41 bits per heavy atom. The van der Waals surface area contributed by atoms with Crippen molar-refractivity contribution in [3.8, 4) is 0 Å². The molecule has 2 aromatic heterocycles. The number of nitrogens with one attached hydrogen (secondary N) is 1. The van der Waals surface area contributed by atoms with Crippen molar-refractivity contribution >= 4 is 11.5 Å². The standard InChI is InChI=1S/C11H15N5O/c1-8(2)16-5-4-12-10(11(16)17)14-9-6-13-15(3)7-9/h4-8H,1-3H3,(H,12,14). The normalized spacial score (nSPS) is 10.8.